The Balaban J connectivity index is 1.04. The number of rotatable bonds is 10. The summed E-state index contributed by atoms with van der Waals surface area (Å²) in [5, 5.41) is 7.32. The van der Waals surface area contributed by atoms with Crippen LogP contribution >= 0.6 is 0 Å². The van der Waals surface area contributed by atoms with E-state index < -0.39 is 30.4 Å². The minimum absolute atomic E-state index is 0.111. The molecular formula is C44H50N8O7. The van der Waals surface area contributed by atoms with Crippen LogP contribution in [0, 0.1) is 17.8 Å². The smallest absolute Gasteiger partial charge is 0.407 e. The molecule has 2 aliphatic rings. The van der Waals surface area contributed by atoms with Crippen molar-refractivity contribution in [3.05, 3.63) is 83.6 Å². The molecule has 0 bridgehead atoms. The van der Waals surface area contributed by atoms with E-state index in [4.69, 9.17) is 19.2 Å². The third-order valence-corrected chi connectivity index (χ3v) is 11.3. The van der Waals surface area contributed by atoms with Gasteiger partial charge in [-0.05, 0) is 79.8 Å². The Labute approximate surface area is 342 Å². The van der Waals surface area contributed by atoms with Gasteiger partial charge in [0.15, 0.2) is 0 Å². The third kappa shape index (κ3) is 8.59. The number of carbonyl (C=O) groups is 4. The molecule has 0 radical (unpaired) electrons. The summed E-state index contributed by atoms with van der Waals surface area (Å²) in [4.78, 5) is 71.3. The number of benzene rings is 3. The molecule has 2 aromatic heterocycles. The second kappa shape index (κ2) is 17.6. The SMILES string of the molecule is COC(=O)N[C@H](C(=O)N1CCC[C@H]1c1ncc(-c2ccc(C#Cc3ccc4c(ccc5nc([C@@H]6CCCN6C(=O)[C@@H](NC(=O)OC)[C@@H](C)OC)[nH]c54)c3)cc2)[nH]1)C(C)C. The van der Waals surface area contributed by atoms with Crippen molar-refractivity contribution in [3.63, 3.8) is 0 Å². The van der Waals surface area contributed by atoms with Crippen molar-refractivity contribution in [1.82, 2.24) is 40.4 Å². The zero-order valence-corrected chi connectivity index (χ0v) is 34.1. The van der Waals surface area contributed by atoms with Crippen molar-refractivity contribution in [2.24, 2.45) is 5.92 Å². The summed E-state index contributed by atoms with van der Waals surface area (Å²) in [7, 11) is 4.04. The maximum absolute atomic E-state index is 13.7. The minimum Gasteiger partial charge on any atom is -0.453 e. The van der Waals surface area contributed by atoms with E-state index in [1.54, 1.807) is 22.9 Å². The zero-order chi connectivity index (χ0) is 41.8. The summed E-state index contributed by atoms with van der Waals surface area (Å²) < 4.78 is 14.9. The fourth-order valence-corrected chi connectivity index (χ4v) is 7.98. The molecule has 7 rings (SSSR count). The summed E-state index contributed by atoms with van der Waals surface area (Å²) in [5.74, 6) is 7.47. The average molecular weight is 803 g/mol. The van der Waals surface area contributed by atoms with Gasteiger partial charge in [0.25, 0.3) is 0 Å². The topological polar surface area (TPSA) is 184 Å². The quantitative estimate of drug-likeness (QED) is 0.124. The Bertz CT molecular complexity index is 2410. The van der Waals surface area contributed by atoms with E-state index >= 15 is 0 Å². The number of likely N-dealkylation sites (tertiary alicyclic amines) is 2. The number of imidazole rings is 2. The first-order valence-electron chi connectivity index (χ1n) is 19.9. The van der Waals surface area contributed by atoms with Gasteiger partial charge in [0, 0.05) is 36.7 Å². The maximum Gasteiger partial charge on any atom is 0.407 e. The number of ether oxygens (including phenoxy) is 3. The molecule has 4 N–H and O–H groups in total. The molecule has 2 saturated heterocycles. The van der Waals surface area contributed by atoms with Crippen molar-refractivity contribution < 1.29 is 33.4 Å². The van der Waals surface area contributed by atoms with Crippen LogP contribution in [-0.4, -0.2) is 106 Å². The molecule has 5 aromatic rings. The predicted octanol–water partition coefficient (Wildman–Crippen LogP) is 5.97. The van der Waals surface area contributed by atoms with E-state index in [9.17, 15) is 19.2 Å². The Morgan fingerprint density at radius 2 is 1.37 bits per heavy atom. The van der Waals surface area contributed by atoms with E-state index in [1.807, 2.05) is 62.4 Å². The number of alkyl carbamates (subject to hydrolysis) is 2. The molecule has 0 unspecified atom stereocenters. The minimum atomic E-state index is -0.906. The maximum atomic E-state index is 13.7. The summed E-state index contributed by atoms with van der Waals surface area (Å²) in [6.45, 7) is 6.65. The average Bonchev–Trinajstić information content (AvgIpc) is 4.09. The number of hydrogen-bond acceptors (Lipinski definition) is 9. The molecule has 0 aliphatic carbocycles. The Hall–Kier alpha value is -6.40. The number of carbonyl (C=O) groups excluding carboxylic acids is 4. The molecule has 59 heavy (non-hydrogen) atoms. The van der Waals surface area contributed by atoms with Crippen molar-refractivity contribution in [3.8, 4) is 23.1 Å². The first-order chi connectivity index (χ1) is 28.5. The summed E-state index contributed by atoms with van der Waals surface area (Å²) >= 11 is 0. The number of aromatic amines is 2. The number of amides is 4. The number of H-pyrrole nitrogens is 2. The van der Waals surface area contributed by atoms with Crippen LogP contribution in [0.3, 0.4) is 0 Å². The van der Waals surface area contributed by atoms with Gasteiger partial charge in [0.05, 0.1) is 55.3 Å². The fourth-order valence-electron chi connectivity index (χ4n) is 7.98. The lowest BCUT2D eigenvalue weighted by Gasteiger charge is -2.30. The van der Waals surface area contributed by atoms with Gasteiger partial charge < -0.3 is 44.6 Å². The number of nitrogens with one attached hydrogen (secondary N) is 4. The molecule has 2 aliphatic heterocycles. The van der Waals surface area contributed by atoms with Gasteiger partial charge in [0.2, 0.25) is 11.8 Å². The highest BCUT2D eigenvalue weighted by molar-refractivity contribution is 6.04. The standard InChI is InChI=1S/C44H50N8O7/c1-25(2)36(49-43(55)58-5)41(53)51-21-7-9-34(51)39-45-24-33(47-39)29-16-13-27(14-17-29)11-12-28-15-19-31-30(23-28)18-20-32-38(31)48-40(46-32)35-10-8-22-52(35)42(54)37(26(3)57-4)50-44(56)59-6/h13-20,23-26,34-37H,7-10,21-22H2,1-6H3,(H,45,47)(H,46,48)(H,49,55)(H,50,56)/t26-,34+,35+,36+,37+/m1/s1. The van der Waals surface area contributed by atoms with E-state index in [2.05, 4.69) is 43.5 Å². The molecule has 4 heterocycles. The molecule has 0 saturated carbocycles. The summed E-state index contributed by atoms with van der Waals surface area (Å²) in [6.07, 6.45) is 3.04. The van der Waals surface area contributed by atoms with Crippen molar-refractivity contribution in [2.45, 2.75) is 76.7 Å². The molecule has 2 fully saturated rings. The summed E-state index contributed by atoms with van der Waals surface area (Å²) in [5.41, 5.74) is 5.17. The highest BCUT2D eigenvalue weighted by Crippen LogP contribution is 2.35. The lowest BCUT2D eigenvalue weighted by molar-refractivity contribution is -0.137. The van der Waals surface area contributed by atoms with Crippen LogP contribution in [0.2, 0.25) is 0 Å². The third-order valence-electron chi connectivity index (χ3n) is 11.3. The first-order valence-corrected chi connectivity index (χ1v) is 19.9. The second-order valence-electron chi connectivity index (χ2n) is 15.3. The molecule has 5 atom stereocenters. The van der Waals surface area contributed by atoms with E-state index in [-0.39, 0.29) is 29.8 Å². The van der Waals surface area contributed by atoms with Crippen LogP contribution in [0.1, 0.15) is 81.3 Å². The lowest BCUT2D eigenvalue weighted by Crippen LogP contribution is -2.54. The van der Waals surface area contributed by atoms with Crippen molar-refractivity contribution in [1.29, 1.82) is 0 Å². The van der Waals surface area contributed by atoms with E-state index in [1.165, 1.54) is 21.3 Å². The molecule has 4 amide bonds. The molecule has 15 heteroatoms. The molecule has 0 spiro atoms. The highest BCUT2D eigenvalue weighted by atomic mass is 16.5. The largest absolute Gasteiger partial charge is 0.453 e. The Kier molecular flexibility index (Phi) is 12.2. The van der Waals surface area contributed by atoms with E-state index in [0.717, 1.165) is 69.9 Å². The molecule has 15 nitrogen and oxygen atoms in total. The fraction of sp³-hybridized carbons (Fsp3) is 0.409. The number of aromatic nitrogens is 4. The van der Waals surface area contributed by atoms with Gasteiger partial charge in [-0.3, -0.25) is 9.59 Å². The van der Waals surface area contributed by atoms with Gasteiger partial charge in [-0.2, -0.15) is 0 Å². The highest BCUT2D eigenvalue weighted by Gasteiger charge is 2.39. The second-order valence-corrected chi connectivity index (χ2v) is 15.3. The van der Waals surface area contributed by atoms with Crippen LogP contribution in [-0.2, 0) is 23.8 Å². The Morgan fingerprint density at radius 1 is 0.763 bits per heavy atom. The number of hydrogen-bond donors (Lipinski definition) is 4. The van der Waals surface area contributed by atoms with Crippen LogP contribution in [0.5, 0.6) is 0 Å². The number of fused-ring (bicyclic) bond motifs is 3. The van der Waals surface area contributed by atoms with Crippen LogP contribution in [0.15, 0.2) is 60.8 Å². The molecular weight excluding hydrogens is 753 g/mol. The molecule has 3 aromatic carbocycles. The van der Waals surface area contributed by atoms with E-state index in [0.29, 0.717) is 24.7 Å². The van der Waals surface area contributed by atoms with Crippen molar-refractivity contribution in [2.75, 3.05) is 34.4 Å². The zero-order valence-electron chi connectivity index (χ0n) is 34.1. The van der Waals surface area contributed by atoms with Gasteiger partial charge in [-0.25, -0.2) is 19.6 Å². The van der Waals surface area contributed by atoms with Gasteiger partial charge in [-0.15, -0.1) is 0 Å². The number of nitrogens with zero attached hydrogens (tertiary/aromatic N) is 4. The Morgan fingerprint density at radius 3 is 2.02 bits per heavy atom. The predicted molar refractivity (Wildman–Crippen MR) is 221 cm³/mol. The number of methoxy groups -OCH3 is 3. The van der Waals surface area contributed by atoms with Crippen LogP contribution in [0.4, 0.5) is 9.59 Å². The first kappa shape index (κ1) is 40.8. The van der Waals surface area contributed by atoms with Gasteiger partial charge in [0.1, 0.15) is 23.7 Å². The van der Waals surface area contributed by atoms with Gasteiger partial charge in [-0.1, -0.05) is 50.0 Å². The normalized spacial score (nSPS) is 18.0. The van der Waals surface area contributed by atoms with Crippen LogP contribution in [0.25, 0.3) is 33.1 Å². The van der Waals surface area contributed by atoms with Crippen molar-refractivity contribution >= 4 is 45.8 Å². The van der Waals surface area contributed by atoms with Gasteiger partial charge >= 0.3 is 12.2 Å². The monoisotopic (exact) mass is 802 g/mol. The summed E-state index contributed by atoms with van der Waals surface area (Å²) in [6, 6.07) is 15.9. The molecule has 308 valence electrons. The van der Waals surface area contributed by atoms with Crippen LogP contribution < -0.4 is 10.6 Å². The lowest BCUT2D eigenvalue weighted by atomic mass is 10.0.